The van der Waals surface area contributed by atoms with E-state index in [2.05, 4.69) is 5.32 Å². The van der Waals surface area contributed by atoms with Crippen LogP contribution in [0.25, 0.3) is 0 Å². The predicted molar refractivity (Wildman–Crippen MR) is 66.4 cm³/mol. The number of nitrogens with zero attached hydrogens (tertiary/aromatic N) is 1. The van der Waals surface area contributed by atoms with Crippen LogP contribution < -0.4 is 5.32 Å². The third-order valence-corrected chi connectivity index (χ3v) is 3.76. The summed E-state index contributed by atoms with van der Waals surface area (Å²) in [6.07, 6.45) is 1.94. The van der Waals surface area contributed by atoms with E-state index in [1.165, 1.54) is 10.6 Å². The number of carboxylic acid groups (broad SMARTS) is 1. The van der Waals surface area contributed by atoms with Gasteiger partial charge in [-0.25, -0.2) is 12.7 Å². The van der Waals surface area contributed by atoms with Gasteiger partial charge in [-0.2, -0.15) is 0 Å². The molecule has 0 fully saturated rings. The smallest absolute Gasteiger partial charge is 0.304 e. The summed E-state index contributed by atoms with van der Waals surface area (Å²) in [5.41, 5.74) is 0. The van der Waals surface area contributed by atoms with Crippen molar-refractivity contribution in [3.05, 3.63) is 0 Å². The van der Waals surface area contributed by atoms with Gasteiger partial charge in [0.15, 0.2) is 0 Å². The van der Waals surface area contributed by atoms with Gasteiger partial charge in [-0.1, -0.05) is 6.92 Å². The first kappa shape index (κ1) is 16.3. The molecule has 0 aliphatic carbocycles. The summed E-state index contributed by atoms with van der Waals surface area (Å²) < 4.78 is 23.9. The molecule has 0 saturated carbocycles. The van der Waals surface area contributed by atoms with Crippen LogP contribution in [-0.4, -0.2) is 55.7 Å². The molecule has 0 spiro atoms. The maximum absolute atomic E-state index is 11.3. The molecule has 0 saturated heterocycles. The highest BCUT2D eigenvalue weighted by molar-refractivity contribution is 7.88. The number of carboxylic acids is 1. The molecule has 0 aliphatic heterocycles. The third-order valence-electron chi connectivity index (χ3n) is 2.38. The van der Waals surface area contributed by atoms with Crippen molar-refractivity contribution < 1.29 is 18.3 Å². The molecule has 0 bridgehead atoms. The van der Waals surface area contributed by atoms with Crippen LogP contribution >= 0.6 is 0 Å². The van der Waals surface area contributed by atoms with Crippen LogP contribution in [0.4, 0.5) is 0 Å². The lowest BCUT2D eigenvalue weighted by Crippen LogP contribution is -2.34. The van der Waals surface area contributed by atoms with E-state index in [4.69, 9.17) is 5.11 Å². The maximum Gasteiger partial charge on any atom is 0.304 e. The normalized spacial score (nSPS) is 13.9. The van der Waals surface area contributed by atoms with Crippen molar-refractivity contribution in [3.63, 3.8) is 0 Å². The van der Waals surface area contributed by atoms with Gasteiger partial charge in [0.2, 0.25) is 10.0 Å². The van der Waals surface area contributed by atoms with E-state index in [0.29, 0.717) is 26.1 Å². The van der Waals surface area contributed by atoms with Crippen molar-refractivity contribution in [1.82, 2.24) is 9.62 Å². The topological polar surface area (TPSA) is 86.7 Å². The Morgan fingerprint density at radius 1 is 1.47 bits per heavy atom. The molecule has 7 heteroatoms. The van der Waals surface area contributed by atoms with Crippen LogP contribution in [0.15, 0.2) is 0 Å². The highest BCUT2D eigenvalue weighted by Gasteiger charge is 2.13. The average molecular weight is 266 g/mol. The van der Waals surface area contributed by atoms with Gasteiger partial charge < -0.3 is 10.4 Å². The van der Waals surface area contributed by atoms with Gasteiger partial charge in [0.1, 0.15) is 0 Å². The summed E-state index contributed by atoms with van der Waals surface area (Å²) in [6, 6.07) is -0.0965. The number of nitrogens with one attached hydrogen (secondary N) is 1. The van der Waals surface area contributed by atoms with Crippen molar-refractivity contribution in [2.24, 2.45) is 0 Å². The Hall–Kier alpha value is -0.660. The number of hydrogen-bond acceptors (Lipinski definition) is 4. The van der Waals surface area contributed by atoms with E-state index < -0.39 is 16.0 Å². The molecule has 1 unspecified atom stereocenters. The first-order valence-electron chi connectivity index (χ1n) is 5.67. The largest absolute Gasteiger partial charge is 0.481 e. The molecule has 0 aromatic heterocycles. The van der Waals surface area contributed by atoms with Crippen molar-refractivity contribution in [2.45, 2.75) is 32.7 Å². The van der Waals surface area contributed by atoms with Crippen LogP contribution in [0, 0.1) is 0 Å². The molecule has 0 radical (unpaired) electrons. The number of hydrogen-bond donors (Lipinski definition) is 2. The Labute approximate surface area is 103 Å². The summed E-state index contributed by atoms with van der Waals surface area (Å²) in [5, 5.41) is 11.6. The van der Waals surface area contributed by atoms with Crippen molar-refractivity contribution in [3.8, 4) is 0 Å². The molecule has 17 heavy (non-hydrogen) atoms. The van der Waals surface area contributed by atoms with Crippen LogP contribution in [0.3, 0.4) is 0 Å². The number of aliphatic carboxylic acids is 1. The monoisotopic (exact) mass is 266 g/mol. The van der Waals surface area contributed by atoms with Gasteiger partial charge in [-0.3, -0.25) is 4.79 Å². The van der Waals surface area contributed by atoms with Crippen molar-refractivity contribution >= 4 is 16.0 Å². The van der Waals surface area contributed by atoms with Crippen LogP contribution in [0.2, 0.25) is 0 Å². The van der Waals surface area contributed by atoms with Gasteiger partial charge in [0, 0.05) is 19.1 Å². The summed E-state index contributed by atoms with van der Waals surface area (Å²) in [4.78, 5) is 10.4. The van der Waals surface area contributed by atoms with Crippen molar-refractivity contribution in [1.29, 1.82) is 0 Å². The van der Waals surface area contributed by atoms with E-state index in [9.17, 15) is 13.2 Å². The molecule has 2 N–H and O–H groups in total. The first-order chi connectivity index (χ1) is 7.77. The highest BCUT2D eigenvalue weighted by Crippen LogP contribution is 1.98. The molecule has 102 valence electrons. The van der Waals surface area contributed by atoms with E-state index in [1.807, 2.05) is 0 Å². The van der Waals surface area contributed by atoms with Gasteiger partial charge in [-0.15, -0.1) is 0 Å². The number of sulfonamides is 1. The second kappa shape index (κ2) is 7.62. The number of carbonyl (C=O) groups is 1. The Morgan fingerprint density at radius 3 is 2.47 bits per heavy atom. The highest BCUT2D eigenvalue weighted by atomic mass is 32.2. The first-order valence-corrected chi connectivity index (χ1v) is 7.52. The lowest BCUT2D eigenvalue weighted by Gasteiger charge is -2.18. The molecular formula is C10H22N2O4S. The molecule has 0 rings (SSSR count). The van der Waals surface area contributed by atoms with E-state index in [1.54, 1.807) is 13.8 Å². The second-order valence-electron chi connectivity index (χ2n) is 4.06. The van der Waals surface area contributed by atoms with Crippen LogP contribution in [0.5, 0.6) is 0 Å². The molecule has 1 atom stereocenters. The van der Waals surface area contributed by atoms with Gasteiger partial charge in [0.05, 0.1) is 12.7 Å². The Morgan fingerprint density at radius 2 is 2.06 bits per heavy atom. The maximum atomic E-state index is 11.3. The minimum absolute atomic E-state index is 0.0730. The minimum atomic E-state index is -3.12. The lowest BCUT2D eigenvalue weighted by atomic mass is 10.2. The fraction of sp³-hybridized carbons (Fsp3) is 0.900. The van der Waals surface area contributed by atoms with Gasteiger partial charge in [-0.05, 0) is 19.9 Å². The molecule has 0 aromatic carbocycles. The molecule has 0 aromatic rings. The standard InChI is InChI=1S/C10H22N2O4S/c1-4-12(17(3,15)16)7-5-6-11-9(2)8-10(13)14/h9,11H,4-8H2,1-3H3,(H,13,14). The summed E-state index contributed by atoms with van der Waals surface area (Å²) in [7, 11) is -3.12. The zero-order valence-electron chi connectivity index (χ0n) is 10.6. The predicted octanol–water partition coefficient (Wildman–Crippen LogP) is 0.111. The zero-order chi connectivity index (χ0) is 13.5. The summed E-state index contributed by atoms with van der Waals surface area (Å²) in [6.45, 7) is 5.12. The fourth-order valence-electron chi connectivity index (χ4n) is 1.50. The molecular weight excluding hydrogens is 244 g/mol. The summed E-state index contributed by atoms with van der Waals surface area (Å²) >= 11 is 0. The van der Waals surface area contributed by atoms with E-state index in [-0.39, 0.29) is 12.5 Å². The second-order valence-corrected chi connectivity index (χ2v) is 6.04. The SMILES string of the molecule is CCN(CCCNC(C)CC(=O)O)S(C)(=O)=O. The van der Waals surface area contributed by atoms with Gasteiger partial charge in [0.25, 0.3) is 0 Å². The number of rotatable bonds is 9. The Balaban J connectivity index is 3.80. The van der Waals surface area contributed by atoms with Gasteiger partial charge >= 0.3 is 5.97 Å². The molecule has 0 amide bonds. The van der Waals surface area contributed by atoms with Crippen LogP contribution in [0.1, 0.15) is 26.7 Å². The van der Waals surface area contributed by atoms with E-state index in [0.717, 1.165) is 0 Å². The fourth-order valence-corrected chi connectivity index (χ4v) is 2.43. The average Bonchev–Trinajstić information content (AvgIpc) is 2.14. The van der Waals surface area contributed by atoms with Crippen LogP contribution in [-0.2, 0) is 14.8 Å². The molecule has 0 aliphatic rings. The minimum Gasteiger partial charge on any atom is -0.481 e. The molecule has 0 heterocycles. The summed E-state index contributed by atoms with van der Waals surface area (Å²) in [5.74, 6) is -0.837. The van der Waals surface area contributed by atoms with E-state index >= 15 is 0 Å². The molecule has 6 nitrogen and oxygen atoms in total. The zero-order valence-corrected chi connectivity index (χ0v) is 11.5. The Kier molecular flexibility index (Phi) is 7.33. The quantitative estimate of drug-likeness (QED) is 0.578. The van der Waals surface area contributed by atoms with Crippen molar-refractivity contribution in [2.75, 3.05) is 25.9 Å². The Bertz CT molecular complexity index is 329. The lowest BCUT2D eigenvalue weighted by molar-refractivity contribution is -0.137. The third kappa shape index (κ3) is 8.12.